The van der Waals surface area contributed by atoms with Crippen LogP contribution in [0, 0.1) is 0 Å². The van der Waals surface area contributed by atoms with Crippen LogP contribution in [0.15, 0.2) is 0 Å². The van der Waals surface area contributed by atoms with Crippen LogP contribution in [0.1, 0.15) is 26.7 Å². The maximum atomic E-state index is 6.08. The summed E-state index contributed by atoms with van der Waals surface area (Å²) in [7, 11) is -1.39. The molecule has 0 aromatic rings. The summed E-state index contributed by atoms with van der Waals surface area (Å²) in [5.74, 6) is 0. The van der Waals surface area contributed by atoms with Crippen molar-refractivity contribution in [3.63, 3.8) is 0 Å². The molecule has 1 fully saturated rings. The largest absolute Gasteiger partial charge is 0.412 e. The van der Waals surface area contributed by atoms with Crippen molar-refractivity contribution in [2.45, 2.75) is 58.0 Å². The zero-order chi connectivity index (χ0) is 9.90. The van der Waals surface area contributed by atoms with Crippen molar-refractivity contribution in [3.05, 3.63) is 0 Å². The van der Waals surface area contributed by atoms with Gasteiger partial charge in [-0.3, -0.25) is 0 Å². The molecule has 2 nitrogen and oxygen atoms in total. The summed E-state index contributed by atoms with van der Waals surface area (Å²) in [6.07, 6.45) is 3.29. The Bertz CT molecular complexity index is 155. The van der Waals surface area contributed by atoms with Gasteiger partial charge in [0.1, 0.15) is 6.10 Å². The molecule has 2 unspecified atom stereocenters. The number of hydrogen-bond acceptors (Lipinski definition) is 2. The van der Waals surface area contributed by atoms with Gasteiger partial charge in [0.15, 0.2) is 8.32 Å². The molecule has 1 heterocycles. The average Bonchev–Trinajstić information content (AvgIpc) is 2.82. The first kappa shape index (κ1) is 11.2. The quantitative estimate of drug-likeness (QED) is 0.488. The second kappa shape index (κ2) is 4.58. The molecule has 1 rings (SSSR count). The van der Waals surface area contributed by atoms with E-state index in [4.69, 9.17) is 9.16 Å². The molecule has 13 heavy (non-hydrogen) atoms. The Kier molecular flexibility index (Phi) is 3.95. The van der Waals surface area contributed by atoms with Crippen molar-refractivity contribution in [1.29, 1.82) is 0 Å². The van der Waals surface area contributed by atoms with Gasteiger partial charge in [0.05, 0.1) is 12.7 Å². The van der Waals surface area contributed by atoms with Crippen molar-refractivity contribution in [2.75, 3.05) is 6.61 Å². The molecule has 1 aliphatic rings. The molecule has 1 saturated heterocycles. The summed E-state index contributed by atoms with van der Waals surface area (Å²) in [5, 5.41) is 0. The highest BCUT2D eigenvalue weighted by Crippen LogP contribution is 2.23. The van der Waals surface area contributed by atoms with Gasteiger partial charge in [-0.2, -0.15) is 0 Å². The molecule has 0 radical (unpaired) electrons. The van der Waals surface area contributed by atoms with E-state index in [1.807, 2.05) is 0 Å². The van der Waals surface area contributed by atoms with Crippen LogP contribution in [0.4, 0.5) is 0 Å². The van der Waals surface area contributed by atoms with E-state index in [2.05, 4.69) is 26.9 Å². The van der Waals surface area contributed by atoms with Crippen molar-refractivity contribution in [2.24, 2.45) is 0 Å². The zero-order valence-electron chi connectivity index (χ0n) is 9.30. The average molecular weight is 202 g/mol. The second-order valence-electron chi connectivity index (χ2n) is 4.56. The minimum atomic E-state index is -1.39. The van der Waals surface area contributed by atoms with Gasteiger partial charge in [-0.15, -0.1) is 0 Å². The zero-order valence-corrected chi connectivity index (χ0v) is 10.3. The number of ether oxygens (including phenoxy) is 1. The summed E-state index contributed by atoms with van der Waals surface area (Å²) in [4.78, 5) is 0. The molecule has 0 N–H and O–H groups in total. The lowest BCUT2D eigenvalue weighted by Gasteiger charge is -2.26. The fourth-order valence-electron chi connectivity index (χ4n) is 1.57. The maximum Gasteiger partial charge on any atom is 0.187 e. The van der Waals surface area contributed by atoms with Crippen LogP contribution in [0.25, 0.3) is 0 Å². The fourth-order valence-corrected chi connectivity index (χ4v) is 4.05. The van der Waals surface area contributed by atoms with E-state index in [9.17, 15) is 0 Å². The van der Waals surface area contributed by atoms with Gasteiger partial charge in [-0.05, 0) is 26.1 Å². The minimum Gasteiger partial charge on any atom is -0.412 e. The van der Waals surface area contributed by atoms with Crippen LogP contribution in [0.3, 0.4) is 0 Å². The van der Waals surface area contributed by atoms with Crippen LogP contribution in [0.5, 0.6) is 0 Å². The predicted octanol–water partition coefficient (Wildman–Crippen LogP) is 2.80. The standard InChI is InChI=1S/C10H22O2Si/c1-5-6-7-13(3,4)12-9(2)10-8-11-10/h9-10H,5-8H2,1-4H3. The summed E-state index contributed by atoms with van der Waals surface area (Å²) in [5.41, 5.74) is 0. The maximum absolute atomic E-state index is 6.08. The Labute approximate surface area is 82.7 Å². The van der Waals surface area contributed by atoms with Gasteiger partial charge < -0.3 is 9.16 Å². The number of unbranched alkanes of at least 4 members (excludes halogenated alkanes) is 1. The molecule has 0 aromatic carbocycles. The van der Waals surface area contributed by atoms with Crippen LogP contribution in [-0.4, -0.2) is 27.1 Å². The fraction of sp³-hybridized carbons (Fsp3) is 1.00. The van der Waals surface area contributed by atoms with E-state index in [0.717, 1.165) is 6.61 Å². The van der Waals surface area contributed by atoms with Gasteiger partial charge in [-0.25, -0.2) is 0 Å². The first-order chi connectivity index (χ1) is 6.05. The topological polar surface area (TPSA) is 21.8 Å². The Morgan fingerprint density at radius 3 is 2.62 bits per heavy atom. The second-order valence-corrected chi connectivity index (χ2v) is 8.81. The third kappa shape index (κ3) is 4.25. The molecular weight excluding hydrogens is 180 g/mol. The lowest BCUT2D eigenvalue weighted by Crippen LogP contribution is -2.36. The first-order valence-corrected chi connectivity index (χ1v) is 8.46. The summed E-state index contributed by atoms with van der Waals surface area (Å²) in [6.45, 7) is 9.89. The van der Waals surface area contributed by atoms with Crippen LogP contribution in [0.2, 0.25) is 19.1 Å². The van der Waals surface area contributed by atoms with Gasteiger partial charge in [0.2, 0.25) is 0 Å². The lowest BCUT2D eigenvalue weighted by molar-refractivity contribution is 0.167. The molecule has 0 amide bonds. The number of rotatable bonds is 6. The molecule has 0 spiro atoms. The highest BCUT2D eigenvalue weighted by molar-refractivity contribution is 6.71. The van der Waals surface area contributed by atoms with Gasteiger partial charge in [0.25, 0.3) is 0 Å². The monoisotopic (exact) mass is 202 g/mol. The molecule has 1 aliphatic heterocycles. The van der Waals surface area contributed by atoms with Crippen molar-refractivity contribution >= 4 is 8.32 Å². The Balaban J connectivity index is 2.22. The number of hydrogen-bond donors (Lipinski definition) is 0. The first-order valence-electron chi connectivity index (χ1n) is 5.34. The Hall–Kier alpha value is 0.137. The third-order valence-corrected chi connectivity index (χ3v) is 5.09. The lowest BCUT2D eigenvalue weighted by atomic mass is 10.3. The van der Waals surface area contributed by atoms with Gasteiger partial charge in [0, 0.05) is 0 Å². The highest BCUT2D eigenvalue weighted by atomic mass is 28.4. The molecule has 78 valence electrons. The molecule has 3 heteroatoms. The van der Waals surface area contributed by atoms with E-state index in [0.29, 0.717) is 12.2 Å². The van der Waals surface area contributed by atoms with Crippen molar-refractivity contribution in [3.8, 4) is 0 Å². The van der Waals surface area contributed by atoms with E-state index in [-0.39, 0.29) is 0 Å². The van der Waals surface area contributed by atoms with Crippen molar-refractivity contribution < 1.29 is 9.16 Å². The predicted molar refractivity (Wildman–Crippen MR) is 57.5 cm³/mol. The van der Waals surface area contributed by atoms with Gasteiger partial charge >= 0.3 is 0 Å². The Morgan fingerprint density at radius 2 is 2.15 bits per heavy atom. The molecule has 0 aromatic heterocycles. The van der Waals surface area contributed by atoms with E-state index in [1.165, 1.54) is 18.9 Å². The van der Waals surface area contributed by atoms with Crippen LogP contribution < -0.4 is 0 Å². The molecule has 2 atom stereocenters. The molecule has 0 bridgehead atoms. The van der Waals surface area contributed by atoms with E-state index < -0.39 is 8.32 Å². The van der Waals surface area contributed by atoms with Crippen molar-refractivity contribution in [1.82, 2.24) is 0 Å². The molecule has 0 saturated carbocycles. The number of epoxide rings is 1. The SMILES string of the molecule is CCCC[Si](C)(C)OC(C)C1CO1. The van der Waals surface area contributed by atoms with Crippen LogP contribution in [-0.2, 0) is 9.16 Å². The molecule has 0 aliphatic carbocycles. The Morgan fingerprint density at radius 1 is 1.54 bits per heavy atom. The minimum absolute atomic E-state index is 0.318. The summed E-state index contributed by atoms with van der Waals surface area (Å²) >= 11 is 0. The van der Waals surface area contributed by atoms with E-state index in [1.54, 1.807) is 0 Å². The van der Waals surface area contributed by atoms with Crippen LogP contribution >= 0.6 is 0 Å². The summed E-state index contributed by atoms with van der Waals surface area (Å²) in [6, 6.07) is 1.28. The van der Waals surface area contributed by atoms with E-state index >= 15 is 0 Å². The molecular formula is C10H22O2Si. The normalized spacial score (nSPS) is 24.5. The highest BCUT2D eigenvalue weighted by Gasteiger charge is 2.34. The summed E-state index contributed by atoms with van der Waals surface area (Å²) < 4.78 is 11.3. The van der Waals surface area contributed by atoms with Gasteiger partial charge in [-0.1, -0.05) is 19.8 Å². The smallest absolute Gasteiger partial charge is 0.187 e. The third-order valence-electron chi connectivity index (χ3n) is 2.52.